The molecule has 0 fully saturated rings. The molecule has 0 saturated heterocycles. The molecule has 20 heavy (non-hydrogen) atoms. The lowest BCUT2D eigenvalue weighted by atomic mass is 9.98. The topological polar surface area (TPSA) is 55.6 Å². The number of likely N-dealkylation sites (N-methyl/N-ethyl adjacent to an activating group) is 1. The second-order valence-electron chi connectivity index (χ2n) is 5.42. The first-order valence-corrected chi connectivity index (χ1v) is 7.13. The summed E-state index contributed by atoms with van der Waals surface area (Å²) >= 11 is 0. The van der Waals surface area contributed by atoms with Crippen LogP contribution >= 0.6 is 0 Å². The SMILES string of the molecule is Cc1cc(OCC(=O)N(C)CCCN)ccc1C(C)C. The van der Waals surface area contributed by atoms with Crippen LogP contribution in [0.2, 0.25) is 0 Å². The maximum atomic E-state index is 11.8. The molecular weight excluding hydrogens is 252 g/mol. The monoisotopic (exact) mass is 278 g/mol. The van der Waals surface area contributed by atoms with E-state index in [0.717, 1.165) is 12.2 Å². The predicted molar refractivity (Wildman–Crippen MR) is 82.1 cm³/mol. The lowest BCUT2D eigenvalue weighted by Crippen LogP contribution is -2.33. The van der Waals surface area contributed by atoms with Crippen molar-refractivity contribution >= 4 is 5.91 Å². The molecule has 0 aliphatic rings. The van der Waals surface area contributed by atoms with Gasteiger partial charge < -0.3 is 15.4 Å². The van der Waals surface area contributed by atoms with Crippen LogP contribution in [0.15, 0.2) is 18.2 Å². The molecule has 0 saturated carbocycles. The number of carbonyl (C=O) groups is 1. The molecule has 2 N–H and O–H groups in total. The smallest absolute Gasteiger partial charge is 0.260 e. The zero-order valence-electron chi connectivity index (χ0n) is 13.0. The number of rotatable bonds is 7. The Morgan fingerprint density at radius 1 is 1.40 bits per heavy atom. The van der Waals surface area contributed by atoms with Crippen molar-refractivity contribution in [2.24, 2.45) is 5.73 Å². The number of aryl methyl sites for hydroxylation is 1. The molecule has 112 valence electrons. The number of benzene rings is 1. The van der Waals surface area contributed by atoms with Gasteiger partial charge in [-0.2, -0.15) is 0 Å². The van der Waals surface area contributed by atoms with Gasteiger partial charge in [0, 0.05) is 13.6 Å². The second kappa shape index (κ2) is 7.90. The first-order valence-electron chi connectivity index (χ1n) is 7.13. The summed E-state index contributed by atoms with van der Waals surface area (Å²) < 4.78 is 5.56. The van der Waals surface area contributed by atoms with Gasteiger partial charge in [0.2, 0.25) is 0 Å². The Kier molecular flexibility index (Phi) is 6.52. The zero-order valence-corrected chi connectivity index (χ0v) is 13.0. The summed E-state index contributed by atoms with van der Waals surface area (Å²) in [6.07, 6.45) is 0.810. The van der Waals surface area contributed by atoms with Gasteiger partial charge in [-0.15, -0.1) is 0 Å². The lowest BCUT2D eigenvalue weighted by molar-refractivity contribution is -0.132. The molecule has 1 aromatic rings. The quantitative estimate of drug-likeness (QED) is 0.832. The van der Waals surface area contributed by atoms with E-state index in [-0.39, 0.29) is 12.5 Å². The van der Waals surface area contributed by atoms with E-state index in [1.807, 2.05) is 12.1 Å². The number of amides is 1. The van der Waals surface area contributed by atoms with Gasteiger partial charge in [0.05, 0.1) is 0 Å². The maximum absolute atomic E-state index is 11.8. The molecule has 0 aliphatic carbocycles. The maximum Gasteiger partial charge on any atom is 0.260 e. The molecule has 0 bridgehead atoms. The van der Waals surface area contributed by atoms with E-state index in [2.05, 4.69) is 26.8 Å². The molecule has 0 radical (unpaired) electrons. The van der Waals surface area contributed by atoms with Crippen molar-refractivity contribution in [3.63, 3.8) is 0 Å². The summed E-state index contributed by atoms with van der Waals surface area (Å²) in [5.41, 5.74) is 7.93. The van der Waals surface area contributed by atoms with Crippen molar-refractivity contribution in [2.75, 3.05) is 26.7 Å². The highest BCUT2D eigenvalue weighted by Crippen LogP contribution is 2.23. The first-order chi connectivity index (χ1) is 9.45. The molecule has 0 heterocycles. The summed E-state index contributed by atoms with van der Waals surface area (Å²) in [7, 11) is 1.77. The Morgan fingerprint density at radius 3 is 2.65 bits per heavy atom. The molecule has 0 aliphatic heterocycles. The van der Waals surface area contributed by atoms with E-state index < -0.39 is 0 Å². The van der Waals surface area contributed by atoms with Crippen LogP contribution in [0.3, 0.4) is 0 Å². The van der Waals surface area contributed by atoms with Crippen LogP contribution in [0.5, 0.6) is 5.75 Å². The average molecular weight is 278 g/mol. The van der Waals surface area contributed by atoms with E-state index in [1.165, 1.54) is 11.1 Å². The Hall–Kier alpha value is -1.55. The molecule has 4 nitrogen and oxygen atoms in total. The summed E-state index contributed by atoms with van der Waals surface area (Å²) in [5, 5.41) is 0. The Bertz CT molecular complexity index is 444. The van der Waals surface area contributed by atoms with Crippen LogP contribution in [0.4, 0.5) is 0 Å². The largest absolute Gasteiger partial charge is 0.484 e. The van der Waals surface area contributed by atoms with E-state index in [0.29, 0.717) is 19.0 Å². The molecule has 0 spiro atoms. The van der Waals surface area contributed by atoms with Gasteiger partial charge in [-0.05, 0) is 49.1 Å². The first kappa shape index (κ1) is 16.5. The fourth-order valence-electron chi connectivity index (χ4n) is 2.09. The molecule has 1 aromatic carbocycles. The standard InChI is InChI=1S/C16H26N2O2/c1-12(2)15-7-6-14(10-13(15)3)20-11-16(19)18(4)9-5-8-17/h6-7,10,12H,5,8-9,11,17H2,1-4H3. The minimum absolute atomic E-state index is 0.0240. The molecule has 0 aromatic heterocycles. The van der Waals surface area contributed by atoms with Gasteiger partial charge in [0.25, 0.3) is 5.91 Å². The number of nitrogens with two attached hydrogens (primary N) is 1. The van der Waals surface area contributed by atoms with Gasteiger partial charge in [0.1, 0.15) is 5.75 Å². The number of nitrogens with zero attached hydrogens (tertiary/aromatic N) is 1. The van der Waals surface area contributed by atoms with Crippen LogP contribution in [0, 0.1) is 6.92 Å². The van der Waals surface area contributed by atoms with Crippen LogP contribution in [0.25, 0.3) is 0 Å². The van der Waals surface area contributed by atoms with Crippen molar-refractivity contribution in [2.45, 2.75) is 33.1 Å². The Balaban J connectivity index is 2.53. The summed E-state index contributed by atoms with van der Waals surface area (Å²) in [5.74, 6) is 1.21. The molecule has 0 atom stereocenters. The minimum atomic E-state index is -0.0240. The van der Waals surface area contributed by atoms with E-state index >= 15 is 0 Å². The normalized spacial score (nSPS) is 10.7. The minimum Gasteiger partial charge on any atom is -0.484 e. The summed E-state index contributed by atoms with van der Waals surface area (Å²) in [6, 6.07) is 5.98. The van der Waals surface area contributed by atoms with Gasteiger partial charge in [-0.3, -0.25) is 4.79 Å². The highest BCUT2D eigenvalue weighted by Gasteiger charge is 2.10. The number of carbonyl (C=O) groups excluding carboxylic acids is 1. The fraction of sp³-hybridized carbons (Fsp3) is 0.562. The highest BCUT2D eigenvalue weighted by molar-refractivity contribution is 5.77. The van der Waals surface area contributed by atoms with Crippen molar-refractivity contribution < 1.29 is 9.53 Å². The van der Waals surface area contributed by atoms with Gasteiger partial charge >= 0.3 is 0 Å². The van der Waals surface area contributed by atoms with Gasteiger partial charge in [0.15, 0.2) is 6.61 Å². The third kappa shape index (κ3) is 4.85. The third-order valence-corrected chi connectivity index (χ3v) is 3.35. The highest BCUT2D eigenvalue weighted by atomic mass is 16.5. The van der Waals surface area contributed by atoms with Crippen molar-refractivity contribution in [3.8, 4) is 5.75 Å². The zero-order chi connectivity index (χ0) is 15.1. The van der Waals surface area contributed by atoms with Crippen molar-refractivity contribution in [1.82, 2.24) is 4.90 Å². The number of hydrogen-bond donors (Lipinski definition) is 1. The molecule has 1 amide bonds. The number of hydrogen-bond acceptors (Lipinski definition) is 3. The number of ether oxygens (including phenoxy) is 1. The van der Waals surface area contributed by atoms with E-state index in [4.69, 9.17) is 10.5 Å². The second-order valence-corrected chi connectivity index (χ2v) is 5.42. The van der Waals surface area contributed by atoms with Crippen LogP contribution < -0.4 is 10.5 Å². The fourth-order valence-corrected chi connectivity index (χ4v) is 2.09. The lowest BCUT2D eigenvalue weighted by Gasteiger charge is -2.17. The molecular formula is C16H26N2O2. The molecule has 1 rings (SSSR count). The van der Waals surface area contributed by atoms with Gasteiger partial charge in [-0.1, -0.05) is 19.9 Å². The summed E-state index contributed by atoms with van der Waals surface area (Å²) in [4.78, 5) is 13.5. The van der Waals surface area contributed by atoms with Gasteiger partial charge in [-0.25, -0.2) is 0 Å². The predicted octanol–water partition coefficient (Wildman–Crippen LogP) is 2.30. The Labute approximate surface area is 121 Å². The average Bonchev–Trinajstić information content (AvgIpc) is 2.41. The van der Waals surface area contributed by atoms with Crippen LogP contribution in [-0.4, -0.2) is 37.6 Å². The van der Waals surface area contributed by atoms with E-state index in [1.54, 1.807) is 11.9 Å². The van der Waals surface area contributed by atoms with E-state index in [9.17, 15) is 4.79 Å². The van der Waals surface area contributed by atoms with Crippen LogP contribution in [0.1, 0.15) is 37.3 Å². The summed E-state index contributed by atoms with van der Waals surface area (Å²) in [6.45, 7) is 7.73. The Morgan fingerprint density at radius 2 is 2.10 bits per heavy atom. The molecule has 4 heteroatoms. The molecule has 0 unspecified atom stereocenters. The third-order valence-electron chi connectivity index (χ3n) is 3.35. The van der Waals surface area contributed by atoms with Crippen molar-refractivity contribution in [1.29, 1.82) is 0 Å². The van der Waals surface area contributed by atoms with Crippen LogP contribution in [-0.2, 0) is 4.79 Å². The van der Waals surface area contributed by atoms with Crippen molar-refractivity contribution in [3.05, 3.63) is 29.3 Å².